The van der Waals surface area contributed by atoms with Crippen LogP contribution < -0.4 is 5.32 Å². The fourth-order valence-electron chi connectivity index (χ4n) is 2.14. The molecule has 94 valence electrons. The second-order valence-corrected chi connectivity index (χ2v) is 4.99. The van der Waals surface area contributed by atoms with Crippen LogP contribution in [0.15, 0.2) is 24.3 Å². The second kappa shape index (κ2) is 7.00. The molecule has 1 aromatic carbocycles. The van der Waals surface area contributed by atoms with Crippen LogP contribution in [0.4, 0.5) is 0 Å². The molecule has 0 saturated carbocycles. The number of rotatable bonds is 6. The Morgan fingerprint density at radius 2 is 2.06 bits per heavy atom. The van der Waals surface area contributed by atoms with Gasteiger partial charge in [0.05, 0.1) is 6.10 Å². The van der Waals surface area contributed by atoms with Crippen molar-refractivity contribution in [3.63, 3.8) is 0 Å². The molecule has 1 fully saturated rings. The molecule has 0 radical (unpaired) electrons. The van der Waals surface area contributed by atoms with Crippen LogP contribution in [0.3, 0.4) is 0 Å². The van der Waals surface area contributed by atoms with Crippen molar-refractivity contribution in [1.82, 2.24) is 5.32 Å². The quantitative estimate of drug-likeness (QED) is 0.787. The molecule has 1 heterocycles. The van der Waals surface area contributed by atoms with Crippen molar-refractivity contribution >= 4 is 11.6 Å². The summed E-state index contributed by atoms with van der Waals surface area (Å²) in [7, 11) is 0. The third-order valence-corrected chi connectivity index (χ3v) is 3.42. The van der Waals surface area contributed by atoms with E-state index >= 15 is 0 Å². The minimum Gasteiger partial charge on any atom is -0.378 e. The van der Waals surface area contributed by atoms with Gasteiger partial charge in [0, 0.05) is 11.6 Å². The maximum Gasteiger partial charge on any atom is 0.0588 e. The average Bonchev–Trinajstić information content (AvgIpc) is 2.84. The van der Waals surface area contributed by atoms with Gasteiger partial charge in [0.25, 0.3) is 0 Å². The maximum absolute atomic E-state index is 5.84. The van der Waals surface area contributed by atoms with Crippen molar-refractivity contribution in [2.24, 2.45) is 0 Å². The lowest BCUT2D eigenvalue weighted by Crippen LogP contribution is -2.22. The van der Waals surface area contributed by atoms with Crippen molar-refractivity contribution in [2.45, 2.75) is 31.8 Å². The second-order valence-electron chi connectivity index (χ2n) is 4.55. The number of nitrogens with one attached hydrogen (secondary N) is 1. The molecular formula is C14H20ClNO. The van der Waals surface area contributed by atoms with E-state index in [1.807, 2.05) is 12.1 Å². The predicted molar refractivity (Wildman–Crippen MR) is 71.6 cm³/mol. The zero-order valence-corrected chi connectivity index (χ0v) is 10.9. The first-order chi connectivity index (χ1) is 8.34. The van der Waals surface area contributed by atoms with Gasteiger partial charge in [-0.2, -0.15) is 0 Å². The van der Waals surface area contributed by atoms with Crippen LogP contribution in [-0.4, -0.2) is 25.8 Å². The number of hydrogen-bond donors (Lipinski definition) is 1. The molecule has 1 aliphatic rings. The molecule has 1 aromatic rings. The Labute approximate surface area is 108 Å². The van der Waals surface area contributed by atoms with Crippen molar-refractivity contribution in [3.05, 3.63) is 34.9 Å². The smallest absolute Gasteiger partial charge is 0.0588 e. The average molecular weight is 254 g/mol. The molecule has 0 aliphatic carbocycles. The maximum atomic E-state index is 5.84. The highest BCUT2D eigenvalue weighted by atomic mass is 35.5. The summed E-state index contributed by atoms with van der Waals surface area (Å²) in [5.74, 6) is 0. The zero-order chi connectivity index (χ0) is 11.9. The lowest BCUT2D eigenvalue weighted by atomic mass is 10.1. The van der Waals surface area contributed by atoms with Gasteiger partial charge in [-0.05, 0) is 56.5 Å². The first-order valence-corrected chi connectivity index (χ1v) is 6.79. The van der Waals surface area contributed by atoms with Gasteiger partial charge in [-0.15, -0.1) is 0 Å². The summed E-state index contributed by atoms with van der Waals surface area (Å²) in [6.07, 6.45) is 5.16. The molecule has 17 heavy (non-hydrogen) atoms. The van der Waals surface area contributed by atoms with Crippen LogP contribution in [-0.2, 0) is 11.2 Å². The summed E-state index contributed by atoms with van der Waals surface area (Å²) in [4.78, 5) is 0. The highest BCUT2D eigenvalue weighted by Crippen LogP contribution is 2.14. The van der Waals surface area contributed by atoms with Crippen LogP contribution in [0.5, 0.6) is 0 Å². The third kappa shape index (κ3) is 4.66. The first-order valence-electron chi connectivity index (χ1n) is 6.41. The normalized spacial score (nSPS) is 19.7. The number of hydrogen-bond acceptors (Lipinski definition) is 2. The Balaban J connectivity index is 1.55. The van der Waals surface area contributed by atoms with E-state index in [2.05, 4.69) is 17.4 Å². The minimum absolute atomic E-state index is 0.498. The molecule has 0 spiro atoms. The summed E-state index contributed by atoms with van der Waals surface area (Å²) in [5, 5.41) is 4.27. The van der Waals surface area contributed by atoms with E-state index < -0.39 is 0 Å². The first kappa shape index (κ1) is 12.9. The SMILES string of the molecule is Clc1ccc(CCNCCC2CCCO2)cc1. The van der Waals surface area contributed by atoms with E-state index in [1.54, 1.807) is 0 Å². The third-order valence-electron chi connectivity index (χ3n) is 3.17. The van der Waals surface area contributed by atoms with E-state index in [4.69, 9.17) is 16.3 Å². The van der Waals surface area contributed by atoms with Crippen molar-refractivity contribution in [3.8, 4) is 0 Å². The summed E-state index contributed by atoms with van der Waals surface area (Å²) >= 11 is 5.84. The topological polar surface area (TPSA) is 21.3 Å². The van der Waals surface area contributed by atoms with E-state index in [1.165, 1.54) is 18.4 Å². The Kier molecular flexibility index (Phi) is 5.30. The molecule has 3 heteroatoms. The highest BCUT2D eigenvalue weighted by molar-refractivity contribution is 6.30. The molecule has 0 aromatic heterocycles. The van der Waals surface area contributed by atoms with Gasteiger partial charge in [0.15, 0.2) is 0 Å². The van der Waals surface area contributed by atoms with Gasteiger partial charge in [0.2, 0.25) is 0 Å². The van der Waals surface area contributed by atoms with Crippen LogP contribution in [0.25, 0.3) is 0 Å². The predicted octanol–water partition coefficient (Wildman–Crippen LogP) is 3.04. The summed E-state index contributed by atoms with van der Waals surface area (Å²) in [5.41, 5.74) is 1.33. The Bertz CT molecular complexity index is 319. The standard InChI is InChI=1S/C14H20ClNO/c15-13-5-3-12(4-6-13)7-9-16-10-8-14-2-1-11-17-14/h3-6,14,16H,1-2,7-11H2. The Hall–Kier alpha value is -0.570. The summed E-state index contributed by atoms with van der Waals surface area (Å²) < 4.78 is 5.58. The van der Waals surface area contributed by atoms with Crippen LogP contribution in [0, 0.1) is 0 Å². The van der Waals surface area contributed by atoms with E-state index in [9.17, 15) is 0 Å². The van der Waals surface area contributed by atoms with Gasteiger partial charge < -0.3 is 10.1 Å². The van der Waals surface area contributed by atoms with Crippen LogP contribution in [0.2, 0.25) is 5.02 Å². The molecule has 1 unspecified atom stereocenters. The van der Waals surface area contributed by atoms with Crippen molar-refractivity contribution in [1.29, 1.82) is 0 Å². The molecule has 0 amide bonds. The molecule has 1 atom stereocenters. The largest absolute Gasteiger partial charge is 0.378 e. The Morgan fingerprint density at radius 3 is 2.76 bits per heavy atom. The fourth-order valence-corrected chi connectivity index (χ4v) is 2.27. The number of ether oxygens (including phenoxy) is 1. The van der Waals surface area contributed by atoms with E-state index in [0.717, 1.165) is 37.6 Å². The fraction of sp³-hybridized carbons (Fsp3) is 0.571. The van der Waals surface area contributed by atoms with Crippen LogP contribution >= 0.6 is 11.6 Å². The van der Waals surface area contributed by atoms with Gasteiger partial charge in [-0.25, -0.2) is 0 Å². The molecule has 1 aliphatic heterocycles. The van der Waals surface area contributed by atoms with Gasteiger partial charge in [-0.1, -0.05) is 23.7 Å². The zero-order valence-electron chi connectivity index (χ0n) is 10.1. The lowest BCUT2D eigenvalue weighted by molar-refractivity contribution is 0.104. The molecule has 2 rings (SSSR count). The number of benzene rings is 1. The monoisotopic (exact) mass is 253 g/mol. The Morgan fingerprint density at radius 1 is 1.24 bits per heavy atom. The summed E-state index contributed by atoms with van der Waals surface area (Å²) in [6.45, 7) is 3.03. The summed E-state index contributed by atoms with van der Waals surface area (Å²) in [6, 6.07) is 8.07. The highest BCUT2D eigenvalue weighted by Gasteiger charge is 2.14. The molecule has 2 nitrogen and oxygen atoms in total. The lowest BCUT2D eigenvalue weighted by Gasteiger charge is -2.09. The number of halogens is 1. The van der Waals surface area contributed by atoms with Crippen LogP contribution in [0.1, 0.15) is 24.8 Å². The van der Waals surface area contributed by atoms with Crippen molar-refractivity contribution < 1.29 is 4.74 Å². The van der Waals surface area contributed by atoms with Gasteiger partial charge in [0.1, 0.15) is 0 Å². The minimum atomic E-state index is 0.498. The van der Waals surface area contributed by atoms with Crippen molar-refractivity contribution in [2.75, 3.05) is 19.7 Å². The molecule has 1 N–H and O–H groups in total. The van der Waals surface area contributed by atoms with Gasteiger partial charge >= 0.3 is 0 Å². The molecule has 1 saturated heterocycles. The molecular weight excluding hydrogens is 234 g/mol. The van der Waals surface area contributed by atoms with E-state index in [0.29, 0.717) is 6.10 Å². The van der Waals surface area contributed by atoms with E-state index in [-0.39, 0.29) is 0 Å². The molecule has 0 bridgehead atoms. The van der Waals surface area contributed by atoms with Gasteiger partial charge in [-0.3, -0.25) is 0 Å².